The first-order valence-electron chi connectivity index (χ1n) is 5.08. The third-order valence-corrected chi connectivity index (χ3v) is 3.31. The van der Waals surface area contributed by atoms with Gasteiger partial charge in [-0.1, -0.05) is 13.8 Å². The summed E-state index contributed by atoms with van der Waals surface area (Å²) >= 11 is 0. The molecule has 0 radical (unpaired) electrons. The van der Waals surface area contributed by atoms with E-state index in [4.69, 9.17) is 4.74 Å². The van der Waals surface area contributed by atoms with Crippen LogP contribution >= 0.6 is 0 Å². The van der Waals surface area contributed by atoms with Crippen molar-refractivity contribution in [3.05, 3.63) is 11.8 Å². The van der Waals surface area contributed by atoms with Gasteiger partial charge in [0.25, 0.3) is 0 Å². The molecule has 0 aromatic rings. The molecule has 12 heavy (non-hydrogen) atoms. The Kier molecular flexibility index (Phi) is 2.12. The van der Waals surface area contributed by atoms with Crippen molar-refractivity contribution in [3.63, 3.8) is 0 Å². The molecular weight excluding hydrogens is 148 g/mol. The largest absolute Gasteiger partial charge is 0.501 e. The Morgan fingerprint density at radius 2 is 2.17 bits per heavy atom. The summed E-state index contributed by atoms with van der Waals surface area (Å²) in [6, 6.07) is 0. The smallest absolute Gasteiger partial charge is 0.0904 e. The lowest BCUT2D eigenvalue weighted by molar-refractivity contribution is 0.122. The highest BCUT2D eigenvalue weighted by molar-refractivity contribution is 5.11. The van der Waals surface area contributed by atoms with E-state index in [9.17, 15) is 0 Å². The molecule has 68 valence electrons. The lowest BCUT2D eigenvalue weighted by Crippen LogP contribution is -2.27. The fraction of sp³-hybridized carbons (Fsp3) is 0.818. The minimum atomic E-state index is 0.748. The number of rotatable bonds is 0. The summed E-state index contributed by atoms with van der Waals surface area (Å²) in [6.45, 7) is 5.59. The first kappa shape index (κ1) is 8.15. The average Bonchev–Trinajstić information content (AvgIpc) is 2.04. The van der Waals surface area contributed by atoms with Gasteiger partial charge < -0.3 is 4.74 Å². The van der Waals surface area contributed by atoms with Crippen LogP contribution in [-0.4, -0.2) is 6.61 Å². The molecule has 0 aromatic heterocycles. The van der Waals surface area contributed by atoms with E-state index in [1.54, 1.807) is 5.57 Å². The summed E-state index contributed by atoms with van der Waals surface area (Å²) in [5.41, 5.74) is 1.58. The Morgan fingerprint density at radius 1 is 1.33 bits per heavy atom. The van der Waals surface area contributed by atoms with Gasteiger partial charge in [-0.15, -0.1) is 0 Å². The molecule has 1 heterocycles. The fourth-order valence-corrected chi connectivity index (χ4v) is 2.51. The standard InChI is InChI=1S/C11H18O/c1-8-3-4-11-9(2)6-12-7-10(11)5-8/h7-9,11H,3-6H2,1-2H3/t8-,9+,11?/m0/s1. The van der Waals surface area contributed by atoms with Crippen LogP contribution in [0.2, 0.25) is 0 Å². The van der Waals surface area contributed by atoms with Gasteiger partial charge in [-0.2, -0.15) is 0 Å². The van der Waals surface area contributed by atoms with Gasteiger partial charge >= 0.3 is 0 Å². The lowest BCUT2D eigenvalue weighted by atomic mass is 9.73. The Balaban J connectivity index is 2.11. The molecule has 1 aliphatic heterocycles. The lowest BCUT2D eigenvalue weighted by Gasteiger charge is -2.36. The minimum absolute atomic E-state index is 0.748. The van der Waals surface area contributed by atoms with Gasteiger partial charge in [-0.05, 0) is 42.6 Å². The molecule has 3 atom stereocenters. The molecular formula is C11H18O. The molecule has 1 saturated carbocycles. The highest BCUT2D eigenvalue weighted by atomic mass is 16.5. The Labute approximate surface area is 74.8 Å². The van der Waals surface area contributed by atoms with Crippen LogP contribution in [0.15, 0.2) is 11.8 Å². The normalized spacial score (nSPS) is 41.2. The van der Waals surface area contributed by atoms with Crippen LogP contribution in [0.4, 0.5) is 0 Å². The van der Waals surface area contributed by atoms with Crippen molar-refractivity contribution in [1.82, 2.24) is 0 Å². The van der Waals surface area contributed by atoms with Crippen LogP contribution in [0, 0.1) is 17.8 Å². The van der Waals surface area contributed by atoms with E-state index < -0.39 is 0 Å². The highest BCUT2D eigenvalue weighted by Gasteiger charge is 2.30. The van der Waals surface area contributed by atoms with Crippen molar-refractivity contribution in [3.8, 4) is 0 Å². The van der Waals surface area contributed by atoms with E-state index in [-0.39, 0.29) is 0 Å². The van der Waals surface area contributed by atoms with Crippen LogP contribution in [-0.2, 0) is 4.74 Å². The maximum absolute atomic E-state index is 5.44. The second-order valence-corrected chi connectivity index (χ2v) is 4.50. The quantitative estimate of drug-likeness (QED) is 0.537. The Bertz CT molecular complexity index is 195. The van der Waals surface area contributed by atoms with Gasteiger partial charge in [0.15, 0.2) is 0 Å². The second-order valence-electron chi connectivity index (χ2n) is 4.50. The number of ether oxygens (including phenoxy) is 1. The maximum atomic E-state index is 5.44. The first-order chi connectivity index (χ1) is 5.77. The van der Waals surface area contributed by atoms with E-state index in [1.807, 2.05) is 6.26 Å². The van der Waals surface area contributed by atoms with Gasteiger partial charge in [0.1, 0.15) is 0 Å². The van der Waals surface area contributed by atoms with Crippen molar-refractivity contribution in [1.29, 1.82) is 0 Å². The molecule has 0 spiro atoms. The number of hydrogen-bond acceptors (Lipinski definition) is 1. The zero-order chi connectivity index (χ0) is 8.55. The summed E-state index contributed by atoms with van der Waals surface area (Å²) in [5.74, 6) is 2.47. The molecule has 0 saturated heterocycles. The first-order valence-corrected chi connectivity index (χ1v) is 5.08. The van der Waals surface area contributed by atoms with E-state index in [0.717, 1.165) is 24.4 Å². The highest BCUT2D eigenvalue weighted by Crippen LogP contribution is 2.39. The zero-order valence-electron chi connectivity index (χ0n) is 8.05. The van der Waals surface area contributed by atoms with E-state index in [0.29, 0.717) is 0 Å². The zero-order valence-corrected chi connectivity index (χ0v) is 8.05. The van der Waals surface area contributed by atoms with E-state index in [2.05, 4.69) is 13.8 Å². The Morgan fingerprint density at radius 3 is 3.00 bits per heavy atom. The van der Waals surface area contributed by atoms with Gasteiger partial charge in [0.2, 0.25) is 0 Å². The van der Waals surface area contributed by atoms with Crippen LogP contribution in [0.1, 0.15) is 33.1 Å². The van der Waals surface area contributed by atoms with Crippen LogP contribution in [0.25, 0.3) is 0 Å². The molecule has 1 aliphatic carbocycles. The minimum Gasteiger partial charge on any atom is -0.501 e. The Hall–Kier alpha value is -0.460. The molecule has 1 heteroatoms. The predicted molar refractivity (Wildman–Crippen MR) is 49.7 cm³/mol. The molecule has 2 aliphatic rings. The summed E-state index contributed by atoms with van der Waals surface area (Å²) in [7, 11) is 0. The summed E-state index contributed by atoms with van der Waals surface area (Å²) in [5, 5.41) is 0. The van der Waals surface area contributed by atoms with E-state index >= 15 is 0 Å². The number of allylic oxidation sites excluding steroid dienone is 1. The summed E-state index contributed by atoms with van der Waals surface area (Å²) in [6.07, 6.45) is 6.10. The molecule has 0 aromatic carbocycles. The van der Waals surface area contributed by atoms with Crippen LogP contribution in [0.5, 0.6) is 0 Å². The van der Waals surface area contributed by atoms with Crippen LogP contribution < -0.4 is 0 Å². The molecule has 1 nitrogen and oxygen atoms in total. The van der Waals surface area contributed by atoms with Gasteiger partial charge in [0.05, 0.1) is 12.9 Å². The van der Waals surface area contributed by atoms with Crippen molar-refractivity contribution < 1.29 is 4.74 Å². The van der Waals surface area contributed by atoms with E-state index in [1.165, 1.54) is 19.3 Å². The van der Waals surface area contributed by atoms with Crippen LogP contribution in [0.3, 0.4) is 0 Å². The van der Waals surface area contributed by atoms with Crippen molar-refractivity contribution >= 4 is 0 Å². The van der Waals surface area contributed by atoms with Crippen molar-refractivity contribution in [2.24, 2.45) is 17.8 Å². The monoisotopic (exact) mass is 166 g/mol. The SMILES string of the molecule is C[C@H]1CCC2C(=COC[C@H]2C)C1. The molecule has 0 bridgehead atoms. The maximum Gasteiger partial charge on any atom is 0.0904 e. The van der Waals surface area contributed by atoms with Gasteiger partial charge in [-0.3, -0.25) is 0 Å². The topological polar surface area (TPSA) is 9.23 Å². The van der Waals surface area contributed by atoms with Gasteiger partial charge in [0, 0.05) is 0 Å². The molecule has 1 unspecified atom stereocenters. The fourth-order valence-electron chi connectivity index (χ4n) is 2.51. The second kappa shape index (κ2) is 3.12. The molecule has 0 amide bonds. The van der Waals surface area contributed by atoms with Gasteiger partial charge in [-0.25, -0.2) is 0 Å². The number of fused-ring (bicyclic) bond motifs is 1. The van der Waals surface area contributed by atoms with Crippen molar-refractivity contribution in [2.45, 2.75) is 33.1 Å². The molecule has 2 rings (SSSR count). The average molecular weight is 166 g/mol. The molecule has 1 fully saturated rings. The third-order valence-electron chi connectivity index (χ3n) is 3.31. The summed E-state index contributed by atoms with van der Waals surface area (Å²) < 4.78 is 5.44. The third kappa shape index (κ3) is 1.37. The predicted octanol–water partition coefficient (Wildman–Crippen LogP) is 2.97. The van der Waals surface area contributed by atoms with Crippen molar-refractivity contribution in [2.75, 3.05) is 6.61 Å². The molecule has 0 N–H and O–H groups in total. The number of hydrogen-bond donors (Lipinski definition) is 0. The summed E-state index contributed by atoms with van der Waals surface area (Å²) in [4.78, 5) is 0.